The van der Waals surface area contributed by atoms with E-state index in [0.29, 0.717) is 12.5 Å². The standard InChI is InChI=1S/C14H29NO/c1-3-4-5-6-7-8-9-10-11-14(2)12-13-15-16/h14H,3-13H2,1-2H3. The van der Waals surface area contributed by atoms with Crippen molar-refractivity contribution >= 4 is 0 Å². The van der Waals surface area contributed by atoms with Crippen molar-refractivity contribution in [3.8, 4) is 0 Å². The lowest BCUT2D eigenvalue weighted by atomic mass is 9.99. The van der Waals surface area contributed by atoms with Gasteiger partial charge in [0.15, 0.2) is 0 Å². The van der Waals surface area contributed by atoms with Gasteiger partial charge in [-0.3, -0.25) is 0 Å². The minimum atomic E-state index is 0.498. The highest BCUT2D eigenvalue weighted by Gasteiger charge is 2.01. The molecule has 1 unspecified atom stereocenters. The largest absolute Gasteiger partial charge is 0.151 e. The number of nitrogens with zero attached hydrogens (tertiary/aromatic N) is 1. The summed E-state index contributed by atoms with van der Waals surface area (Å²) in [6.07, 6.45) is 13.3. The van der Waals surface area contributed by atoms with Gasteiger partial charge in [0, 0.05) is 0 Å². The second-order valence-corrected chi connectivity index (χ2v) is 5.01. The zero-order valence-corrected chi connectivity index (χ0v) is 11.2. The molecule has 16 heavy (non-hydrogen) atoms. The average molecular weight is 227 g/mol. The van der Waals surface area contributed by atoms with Gasteiger partial charge in [-0.05, 0) is 12.3 Å². The molecule has 96 valence electrons. The number of hydrogen-bond acceptors (Lipinski definition) is 2. The first-order valence-corrected chi connectivity index (χ1v) is 7.10. The normalized spacial score (nSPS) is 12.6. The topological polar surface area (TPSA) is 29.4 Å². The van der Waals surface area contributed by atoms with Gasteiger partial charge in [-0.15, -0.1) is 0 Å². The Balaban J connectivity index is 3.05. The average Bonchev–Trinajstić information content (AvgIpc) is 2.30. The smallest absolute Gasteiger partial charge is 0.0813 e. The van der Waals surface area contributed by atoms with E-state index in [-0.39, 0.29) is 0 Å². The van der Waals surface area contributed by atoms with E-state index in [9.17, 15) is 4.91 Å². The quantitative estimate of drug-likeness (QED) is 0.328. The van der Waals surface area contributed by atoms with E-state index in [4.69, 9.17) is 0 Å². The van der Waals surface area contributed by atoms with Gasteiger partial charge in [0.25, 0.3) is 0 Å². The molecular formula is C14H29NO. The van der Waals surface area contributed by atoms with Crippen LogP contribution in [0.3, 0.4) is 0 Å². The van der Waals surface area contributed by atoms with E-state index < -0.39 is 0 Å². The van der Waals surface area contributed by atoms with Crippen LogP contribution in [0.4, 0.5) is 0 Å². The summed E-state index contributed by atoms with van der Waals surface area (Å²) in [6, 6.07) is 0. The molecule has 0 saturated carbocycles. The van der Waals surface area contributed by atoms with Crippen LogP contribution in [0, 0.1) is 10.8 Å². The van der Waals surface area contributed by atoms with E-state index >= 15 is 0 Å². The van der Waals surface area contributed by atoms with Crippen LogP contribution in [0.1, 0.15) is 78.1 Å². The predicted molar refractivity (Wildman–Crippen MR) is 71.7 cm³/mol. The van der Waals surface area contributed by atoms with Gasteiger partial charge in [-0.2, -0.15) is 4.91 Å². The van der Waals surface area contributed by atoms with Gasteiger partial charge in [0.1, 0.15) is 0 Å². The van der Waals surface area contributed by atoms with Crippen LogP contribution in [0.2, 0.25) is 0 Å². The maximum absolute atomic E-state index is 9.96. The van der Waals surface area contributed by atoms with Crippen LogP contribution in [0.5, 0.6) is 0 Å². The molecule has 0 saturated heterocycles. The van der Waals surface area contributed by atoms with Gasteiger partial charge in [-0.25, -0.2) is 0 Å². The molecule has 0 fully saturated rings. The first-order valence-electron chi connectivity index (χ1n) is 7.10. The summed E-state index contributed by atoms with van der Waals surface area (Å²) in [5.74, 6) is 0.679. The number of hydrogen-bond donors (Lipinski definition) is 0. The predicted octanol–water partition coefficient (Wildman–Crippen LogP) is 5.31. The maximum atomic E-state index is 9.96. The van der Waals surface area contributed by atoms with Crippen LogP contribution in [0.15, 0.2) is 5.18 Å². The molecule has 0 aromatic heterocycles. The van der Waals surface area contributed by atoms with Crippen molar-refractivity contribution in [1.29, 1.82) is 0 Å². The summed E-state index contributed by atoms with van der Waals surface area (Å²) in [7, 11) is 0. The molecule has 0 aromatic carbocycles. The van der Waals surface area contributed by atoms with Crippen LogP contribution in [-0.4, -0.2) is 6.54 Å². The molecular weight excluding hydrogens is 198 g/mol. The third-order valence-corrected chi connectivity index (χ3v) is 3.26. The minimum absolute atomic E-state index is 0.498. The minimum Gasteiger partial charge on any atom is -0.151 e. The fourth-order valence-corrected chi connectivity index (χ4v) is 2.04. The number of rotatable bonds is 12. The summed E-state index contributed by atoms with van der Waals surface area (Å²) in [5.41, 5.74) is 0. The Morgan fingerprint density at radius 2 is 1.44 bits per heavy atom. The Hall–Kier alpha value is -0.400. The third-order valence-electron chi connectivity index (χ3n) is 3.26. The lowest BCUT2D eigenvalue weighted by Crippen LogP contribution is -1.96. The second-order valence-electron chi connectivity index (χ2n) is 5.01. The maximum Gasteiger partial charge on any atom is 0.0813 e. The molecule has 0 bridgehead atoms. The lowest BCUT2D eigenvalue weighted by Gasteiger charge is -2.08. The van der Waals surface area contributed by atoms with Crippen molar-refractivity contribution in [2.24, 2.45) is 11.1 Å². The number of nitroso groups, excluding NO2 is 1. The Morgan fingerprint density at radius 1 is 0.875 bits per heavy atom. The summed E-state index contributed by atoms with van der Waals surface area (Å²) < 4.78 is 0. The molecule has 0 radical (unpaired) electrons. The van der Waals surface area contributed by atoms with E-state index in [1.807, 2.05) is 0 Å². The van der Waals surface area contributed by atoms with Gasteiger partial charge in [-0.1, -0.05) is 76.8 Å². The van der Waals surface area contributed by atoms with Crippen LogP contribution < -0.4 is 0 Å². The fraction of sp³-hybridized carbons (Fsp3) is 1.00. The Bertz CT molecular complexity index is 148. The molecule has 0 heterocycles. The van der Waals surface area contributed by atoms with Crippen LogP contribution in [0.25, 0.3) is 0 Å². The van der Waals surface area contributed by atoms with Crippen molar-refractivity contribution in [1.82, 2.24) is 0 Å². The molecule has 0 amide bonds. The van der Waals surface area contributed by atoms with Crippen LogP contribution in [-0.2, 0) is 0 Å². The highest BCUT2D eigenvalue weighted by molar-refractivity contribution is 4.56. The fourth-order valence-electron chi connectivity index (χ4n) is 2.04. The van der Waals surface area contributed by atoms with Crippen molar-refractivity contribution in [2.45, 2.75) is 78.1 Å². The summed E-state index contributed by atoms with van der Waals surface area (Å²) >= 11 is 0. The highest BCUT2D eigenvalue weighted by Crippen LogP contribution is 2.15. The second kappa shape index (κ2) is 12.7. The highest BCUT2D eigenvalue weighted by atomic mass is 16.3. The molecule has 0 aromatic rings. The molecule has 1 atom stereocenters. The van der Waals surface area contributed by atoms with Crippen molar-refractivity contribution in [3.05, 3.63) is 4.91 Å². The van der Waals surface area contributed by atoms with Crippen molar-refractivity contribution in [3.63, 3.8) is 0 Å². The van der Waals surface area contributed by atoms with Crippen molar-refractivity contribution in [2.75, 3.05) is 6.54 Å². The van der Waals surface area contributed by atoms with Gasteiger partial charge in [0.2, 0.25) is 0 Å². The van der Waals surface area contributed by atoms with E-state index in [1.54, 1.807) is 0 Å². The molecule has 0 aliphatic heterocycles. The van der Waals surface area contributed by atoms with Gasteiger partial charge >= 0.3 is 0 Å². The zero-order valence-electron chi connectivity index (χ0n) is 11.2. The molecule has 2 nitrogen and oxygen atoms in total. The molecule has 0 N–H and O–H groups in total. The number of unbranched alkanes of at least 4 members (excludes halogenated alkanes) is 7. The summed E-state index contributed by atoms with van der Waals surface area (Å²) in [5, 5.41) is 2.91. The Kier molecular flexibility index (Phi) is 12.4. The van der Waals surface area contributed by atoms with Gasteiger partial charge < -0.3 is 0 Å². The van der Waals surface area contributed by atoms with Crippen LogP contribution >= 0.6 is 0 Å². The molecule has 0 aliphatic carbocycles. The Morgan fingerprint density at radius 3 is 2.00 bits per heavy atom. The first-order chi connectivity index (χ1) is 7.81. The molecule has 0 spiro atoms. The van der Waals surface area contributed by atoms with E-state index in [2.05, 4.69) is 19.0 Å². The van der Waals surface area contributed by atoms with E-state index in [0.717, 1.165) is 6.42 Å². The first kappa shape index (κ1) is 15.6. The third kappa shape index (κ3) is 11.7. The monoisotopic (exact) mass is 227 g/mol. The van der Waals surface area contributed by atoms with Crippen molar-refractivity contribution < 1.29 is 0 Å². The molecule has 2 heteroatoms. The summed E-state index contributed by atoms with van der Waals surface area (Å²) in [6.45, 7) is 4.99. The van der Waals surface area contributed by atoms with Gasteiger partial charge in [0.05, 0.1) is 6.54 Å². The summed E-state index contributed by atoms with van der Waals surface area (Å²) in [4.78, 5) is 9.96. The lowest BCUT2D eigenvalue weighted by molar-refractivity contribution is 0.459. The SMILES string of the molecule is CCCCCCCCCCC(C)CCN=O. The molecule has 0 rings (SSSR count). The van der Waals surface area contributed by atoms with E-state index in [1.165, 1.54) is 57.8 Å². The Labute approximate surface area is 101 Å². The molecule has 0 aliphatic rings. The zero-order chi connectivity index (χ0) is 12.1.